The third kappa shape index (κ3) is 3.61. The van der Waals surface area contributed by atoms with E-state index in [1.54, 1.807) is 18.5 Å². The largest absolute Gasteiger partial charge is 0.324 e. The highest BCUT2D eigenvalue weighted by Crippen LogP contribution is 2.22. The molecule has 0 aliphatic carbocycles. The summed E-state index contributed by atoms with van der Waals surface area (Å²) in [5.41, 5.74) is 2.19. The molecule has 18 heavy (non-hydrogen) atoms. The molecule has 0 unspecified atom stereocenters. The number of pyridine rings is 1. The van der Waals surface area contributed by atoms with Crippen LogP contribution in [-0.2, 0) is 13.0 Å². The summed E-state index contributed by atoms with van der Waals surface area (Å²) in [7, 11) is 0. The van der Waals surface area contributed by atoms with E-state index in [0.717, 1.165) is 29.9 Å². The van der Waals surface area contributed by atoms with Crippen LogP contribution in [0.2, 0.25) is 0 Å². The molecule has 0 aliphatic heterocycles. The van der Waals surface area contributed by atoms with Crippen LogP contribution in [0.4, 0.5) is 5.00 Å². The molecule has 6 heteroatoms. The number of thiophene rings is 1. The molecule has 0 saturated carbocycles. The van der Waals surface area contributed by atoms with E-state index in [1.807, 2.05) is 17.5 Å². The summed E-state index contributed by atoms with van der Waals surface area (Å²) in [4.78, 5) is 14.1. The number of hydrogen-bond acceptors (Lipinski definition) is 5. The monoisotopic (exact) mass is 263 g/mol. The Kier molecular flexibility index (Phi) is 4.38. The molecule has 0 atom stereocenters. The first-order valence-corrected chi connectivity index (χ1v) is 6.45. The molecule has 1 N–H and O–H groups in total. The van der Waals surface area contributed by atoms with Crippen molar-refractivity contribution in [2.75, 3.05) is 6.54 Å². The molecule has 0 bridgehead atoms. The van der Waals surface area contributed by atoms with Gasteiger partial charge >= 0.3 is 5.00 Å². The zero-order valence-corrected chi connectivity index (χ0v) is 10.5. The summed E-state index contributed by atoms with van der Waals surface area (Å²) in [5, 5.41) is 15.8. The van der Waals surface area contributed by atoms with E-state index in [4.69, 9.17) is 0 Å². The number of nitrogens with zero attached hydrogens (tertiary/aromatic N) is 2. The topological polar surface area (TPSA) is 68.1 Å². The quantitative estimate of drug-likeness (QED) is 0.493. The molecule has 2 heterocycles. The van der Waals surface area contributed by atoms with Gasteiger partial charge in [-0.1, -0.05) is 11.3 Å². The first-order chi connectivity index (χ1) is 8.75. The van der Waals surface area contributed by atoms with Crippen LogP contribution in [0.15, 0.2) is 36.0 Å². The van der Waals surface area contributed by atoms with Crippen molar-refractivity contribution in [3.05, 3.63) is 57.2 Å². The van der Waals surface area contributed by atoms with Gasteiger partial charge in [0, 0.05) is 30.4 Å². The SMILES string of the molecule is O=[N+]([O-])c1cc(CNCCc2ccncc2)cs1. The zero-order valence-electron chi connectivity index (χ0n) is 9.70. The van der Waals surface area contributed by atoms with Crippen LogP contribution in [0.1, 0.15) is 11.1 Å². The predicted octanol–water partition coefficient (Wildman–Crippen LogP) is 2.38. The number of rotatable bonds is 6. The second-order valence-electron chi connectivity index (χ2n) is 3.83. The maximum absolute atomic E-state index is 10.5. The van der Waals surface area contributed by atoms with E-state index in [9.17, 15) is 10.1 Å². The van der Waals surface area contributed by atoms with Gasteiger partial charge in [0.2, 0.25) is 0 Å². The third-order valence-corrected chi connectivity index (χ3v) is 3.42. The molecule has 0 fully saturated rings. The standard InChI is InChI=1S/C12H13N3O2S/c16-15(17)12-7-11(9-18-12)8-14-6-3-10-1-4-13-5-2-10/h1-2,4-5,7,9,14H,3,6,8H2. The summed E-state index contributed by atoms with van der Waals surface area (Å²) >= 11 is 1.16. The molecular weight excluding hydrogens is 250 g/mol. The van der Waals surface area contributed by atoms with Gasteiger partial charge in [0.25, 0.3) is 0 Å². The Hall–Kier alpha value is -1.79. The van der Waals surface area contributed by atoms with Crippen LogP contribution in [0.3, 0.4) is 0 Å². The van der Waals surface area contributed by atoms with Crippen LogP contribution in [-0.4, -0.2) is 16.5 Å². The number of hydrogen-bond donors (Lipinski definition) is 1. The van der Waals surface area contributed by atoms with Gasteiger partial charge in [0.15, 0.2) is 0 Å². The van der Waals surface area contributed by atoms with Gasteiger partial charge < -0.3 is 5.32 Å². The van der Waals surface area contributed by atoms with E-state index in [-0.39, 0.29) is 9.92 Å². The Morgan fingerprint density at radius 3 is 2.78 bits per heavy atom. The van der Waals surface area contributed by atoms with Crippen molar-refractivity contribution < 1.29 is 4.92 Å². The van der Waals surface area contributed by atoms with Gasteiger partial charge in [0.1, 0.15) is 0 Å². The lowest BCUT2D eigenvalue weighted by molar-refractivity contribution is -0.380. The molecular formula is C12H13N3O2S. The molecule has 94 valence electrons. The molecule has 0 spiro atoms. The zero-order chi connectivity index (χ0) is 12.8. The minimum Gasteiger partial charge on any atom is -0.312 e. The number of nitrogens with one attached hydrogen (secondary N) is 1. The minimum absolute atomic E-state index is 0.195. The summed E-state index contributed by atoms with van der Waals surface area (Å²) in [5.74, 6) is 0. The van der Waals surface area contributed by atoms with E-state index in [1.165, 1.54) is 5.56 Å². The molecule has 2 aromatic heterocycles. The van der Waals surface area contributed by atoms with Crippen molar-refractivity contribution >= 4 is 16.3 Å². The predicted molar refractivity (Wildman–Crippen MR) is 70.6 cm³/mol. The normalized spacial score (nSPS) is 10.4. The summed E-state index contributed by atoms with van der Waals surface area (Å²) < 4.78 is 0. The molecule has 0 amide bonds. The fourth-order valence-electron chi connectivity index (χ4n) is 1.57. The van der Waals surface area contributed by atoms with E-state index in [2.05, 4.69) is 10.3 Å². The van der Waals surface area contributed by atoms with Crippen LogP contribution in [0.25, 0.3) is 0 Å². The fraction of sp³-hybridized carbons (Fsp3) is 0.250. The van der Waals surface area contributed by atoms with E-state index < -0.39 is 0 Å². The third-order valence-electron chi connectivity index (χ3n) is 2.49. The Balaban J connectivity index is 1.73. The van der Waals surface area contributed by atoms with Crippen molar-refractivity contribution in [3.8, 4) is 0 Å². The highest BCUT2D eigenvalue weighted by Gasteiger charge is 2.08. The highest BCUT2D eigenvalue weighted by molar-refractivity contribution is 7.13. The van der Waals surface area contributed by atoms with E-state index in [0.29, 0.717) is 6.54 Å². The van der Waals surface area contributed by atoms with Gasteiger partial charge in [-0.2, -0.15) is 0 Å². The van der Waals surface area contributed by atoms with Crippen molar-refractivity contribution in [1.29, 1.82) is 0 Å². The molecule has 0 saturated heterocycles. The summed E-state index contributed by atoms with van der Waals surface area (Å²) in [6, 6.07) is 5.58. The van der Waals surface area contributed by atoms with Gasteiger partial charge in [-0.15, -0.1) is 0 Å². The average molecular weight is 263 g/mol. The smallest absolute Gasteiger partial charge is 0.312 e. The maximum Gasteiger partial charge on any atom is 0.324 e. The lowest BCUT2D eigenvalue weighted by Gasteiger charge is -2.02. The molecule has 5 nitrogen and oxygen atoms in total. The van der Waals surface area contributed by atoms with Gasteiger partial charge in [0.05, 0.1) is 4.92 Å². The first-order valence-electron chi connectivity index (χ1n) is 5.57. The van der Waals surface area contributed by atoms with Crippen molar-refractivity contribution in [1.82, 2.24) is 10.3 Å². The van der Waals surface area contributed by atoms with Crippen molar-refractivity contribution in [2.24, 2.45) is 0 Å². The summed E-state index contributed by atoms with van der Waals surface area (Å²) in [6.07, 6.45) is 4.48. The first kappa shape index (κ1) is 12.7. The molecule has 2 rings (SSSR count). The summed E-state index contributed by atoms with van der Waals surface area (Å²) in [6.45, 7) is 1.50. The van der Waals surface area contributed by atoms with E-state index >= 15 is 0 Å². The second kappa shape index (κ2) is 6.23. The second-order valence-corrected chi connectivity index (χ2v) is 4.72. The molecule has 0 aliphatic rings. The van der Waals surface area contributed by atoms with Crippen LogP contribution >= 0.6 is 11.3 Å². The van der Waals surface area contributed by atoms with Crippen molar-refractivity contribution in [3.63, 3.8) is 0 Å². The van der Waals surface area contributed by atoms with Gasteiger partial charge in [-0.3, -0.25) is 15.1 Å². The van der Waals surface area contributed by atoms with Crippen LogP contribution in [0, 0.1) is 10.1 Å². The van der Waals surface area contributed by atoms with Gasteiger partial charge in [-0.25, -0.2) is 0 Å². The fourth-order valence-corrected chi connectivity index (χ4v) is 2.30. The molecule has 0 radical (unpaired) electrons. The Morgan fingerprint density at radius 1 is 1.33 bits per heavy atom. The Labute approximate surface area is 109 Å². The minimum atomic E-state index is -0.356. The maximum atomic E-state index is 10.5. The molecule has 0 aromatic carbocycles. The Bertz CT molecular complexity index is 513. The lowest BCUT2D eigenvalue weighted by atomic mass is 10.2. The molecule has 2 aromatic rings. The average Bonchev–Trinajstić information content (AvgIpc) is 2.85. The Morgan fingerprint density at radius 2 is 2.11 bits per heavy atom. The van der Waals surface area contributed by atoms with Gasteiger partial charge in [-0.05, 0) is 36.2 Å². The number of nitro groups is 1. The van der Waals surface area contributed by atoms with Crippen molar-refractivity contribution in [2.45, 2.75) is 13.0 Å². The number of aromatic nitrogens is 1. The van der Waals surface area contributed by atoms with Crippen LogP contribution in [0.5, 0.6) is 0 Å². The lowest BCUT2D eigenvalue weighted by Crippen LogP contribution is -2.16. The highest BCUT2D eigenvalue weighted by atomic mass is 32.1. The van der Waals surface area contributed by atoms with Crippen LogP contribution < -0.4 is 5.32 Å².